The molecule has 0 heterocycles. The van der Waals surface area contributed by atoms with Gasteiger partial charge in [-0.1, -0.05) is 32.0 Å². The summed E-state index contributed by atoms with van der Waals surface area (Å²) in [6.07, 6.45) is 2.60. The standard InChI is InChI=1S/C17H23NO2/c1-16(2)8-10-17(12-18,11-9-16)15(19)13-6-4-5-7-14(13)20-3/h4-7,15,19H,8-11H2,1-3H3. The highest BCUT2D eigenvalue weighted by molar-refractivity contribution is 5.37. The number of methoxy groups -OCH3 is 1. The van der Waals surface area contributed by atoms with Crippen LogP contribution in [0.5, 0.6) is 5.75 Å². The Morgan fingerprint density at radius 2 is 1.80 bits per heavy atom. The van der Waals surface area contributed by atoms with E-state index in [0.717, 1.165) is 31.2 Å². The van der Waals surface area contributed by atoms with Crippen molar-refractivity contribution >= 4 is 0 Å². The van der Waals surface area contributed by atoms with Crippen LogP contribution in [0, 0.1) is 22.2 Å². The van der Waals surface area contributed by atoms with E-state index in [1.165, 1.54) is 0 Å². The van der Waals surface area contributed by atoms with E-state index in [2.05, 4.69) is 19.9 Å². The van der Waals surface area contributed by atoms with Gasteiger partial charge in [-0.3, -0.25) is 0 Å². The number of hydrogen-bond acceptors (Lipinski definition) is 3. The number of rotatable bonds is 3. The number of ether oxygens (including phenoxy) is 1. The number of hydrogen-bond donors (Lipinski definition) is 1. The fraction of sp³-hybridized carbons (Fsp3) is 0.588. The molecule has 1 aliphatic carbocycles. The normalized spacial score (nSPS) is 21.8. The molecule has 3 heteroatoms. The molecule has 1 N–H and O–H groups in total. The summed E-state index contributed by atoms with van der Waals surface area (Å²) < 4.78 is 5.32. The number of nitriles is 1. The van der Waals surface area contributed by atoms with Crippen LogP contribution in [0.2, 0.25) is 0 Å². The molecule has 1 fully saturated rings. The summed E-state index contributed by atoms with van der Waals surface area (Å²) in [4.78, 5) is 0. The van der Waals surface area contributed by atoms with Gasteiger partial charge in [0.2, 0.25) is 0 Å². The largest absolute Gasteiger partial charge is 0.496 e. The van der Waals surface area contributed by atoms with Gasteiger partial charge in [0.15, 0.2) is 0 Å². The van der Waals surface area contributed by atoms with Crippen LogP contribution in [0.4, 0.5) is 0 Å². The molecule has 1 aromatic rings. The van der Waals surface area contributed by atoms with E-state index < -0.39 is 11.5 Å². The highest BCUT2D eigenvalue weighted by atomic mass is 16.5. The van der Waals surface area contributed by atoms with Crippen molar-refractivity contribution in [1.82, 2.24) is 0 Å². The maximum Gasteiger partial charge on any atom is 0.124 e. The van der Waals surface area contributed by atoms with Crippen molar-refractivity contribution in [2.24, 2.45) is 10.8 Å². The first kappa shape index (κ1) is 14.9. The Balaban J connectivity index is 2.31. The Labute approximate surface area is 121 Å². The molecule has 1 aromatic carbocycles. The zero-order chi connectivity index (χ0) is 14.8. The van der Waals surface area contributed by atoms with Gasteiger partial charge < -0.3 is 9.84 Å². The van der Waals surface area contributed by atoms with Crippen LogP contribution < -0.4 is 4.74 Å². The summed E-state index contributed by atoms with van der Waals surface area (Å²) in [6.45, 7) is 4.45. The Morgan fingerprint density at radius 1 is 1.20 bits per heavy atom. The summed E-state index contributed by atoms with van der Waals surface area (Å²) >= 11 is 0. The molecular formula is C17H23NO2. The number of aliphatic hydroxyl groups excluding tert-OH is 1. The third kappa shape index (κ3) is 2.66. The third-order valence-corrected chi connectivity index (χ3v) is 4.68. The lowest BCUT2D eigenvalue weighted by molar-refractivity contribution is 0.00826. The van der Waals surface area contributed by atoms with Gasteiger partial charge in [-0.15, -0.1) is 0 Å². The SMILES string of the molecule is COc1ccccc1C(O)C1(C#N)CCC(C)(C)CC1. The van der Waals surface area contributed by atoms with E-state index in [1.807, 2.05) is 24.3 Å². The quantitative estimate of drug-likeness (QED) is 0.910. The van der Waals surface area contributed by atoms with Crippen molar-refractivity contribution in [3.05, 3.63) is 29.8 Å². The van der Waals surface area contributed by atoms with Gasteiger partial charge in [-0.05, 0) is 37.2 Å². The molecular weight excluding hydrogens is 250 g/mol. The van der Waals surface area contributed by atoms with E-state index in [-0.39, 0.29) is 5.41 Å². The van der Waals surface area contributed by atoms with E-state index in [0.29, 0.717) is 5.75 Å². The summed E-state index contributed by atoms with van der Waals surface area (Å²) in [5, 5.41) is 20.4. The summed E-state index contributed by atoms with van der Waals surface area (Å²) in [5.41, 5.74) is 0.293. The first-order valence-corrected chi connectivity index (χ1v) is 7.16. The average molecular weight is 273 g/mol. The van der Waals surface area contributed by atoms with Crippen LogP contribution >= 0.6 is 0 Å². The van der Waals surface area contributed by atoms with E-state index in [9.17, 15) is 10.4 Å². The zero-order valence-corrected chi connectivity index (χ0v) is 12.5. The minimum atomic E-state index is -0.792. The maximum atomic E-state index is 10.8. The van der Waals surface area contributed by atoms with E-state index in [4.69, 9.17) is 4.74 Å². The monoisotopic (exact) mass is 273 g/mol. The summed E-state index contributed by atoms with van der Waals surface area (Å²) in [5.74, 6) is 0.652. The molecule has 0 bridgehead atoms. The molecule has 0 radical (unpaired) electrons. The molecule has 0 aromatic heterocycles. The molecule has 20 heavy (non-hydrogen) atoms. The van der Waals surface area contributed by atoms with Crippen LogP contribution in [0.25, 0.3) is 0 Å². The second-order valence-corrected chi connectivity index (χ2v) is 6.58. The summed E-state index contributed by atoms with van der Waals surface area (Å²) in [6, 6.07) is 9.83. The fourth-order valence-corrected chi connectivity index (χ4v) is 3.01. The lowest BCUT2D eigenvalue weighted by Gasteiger charge is -2.42. The zero-order valence-electron chi connectivity index (χ0n) is 12.5. The maximum absolute atomic E-state index is 10.8. The Morgan fingerprint density at radius 3 is 2.35 bits per heavy atom. The topological polar surface area (TPSA) is 53.2 Å². The van der Waals surface area contributed by atoms with E-state index >= 15 is 0 Å². The minimum Gasteiger partial charge on any atom is -0.496 e. The van der Waals surface area contributed by atoms with Crippen LogP contribution in [0.3, 0.4) is 0 Å². The van der Waals surface area contributed by atoms with Gasteiger partial charge in [0.05, 0.1) is 18.6 Å². The first-order valence-electron chi connectivity index (χ1n) is 7.16. The van der Waals surface area contributed by atoms with Crippen LogP contribution in [0.15, 0.2) is 24.3 Å². The van der Waals surface area contributed by atoms with Gasteiger partial charge in [0.1, 0.15) is 11.9 Å². The Hall–Kier alpha value is -1.53. The van der Waals surface area contributed by atoms with Crippen molar-refractivity contribution < 1.29 is 9.84 Å². The van der Waals surface area contributed by atoms with Crippen molar-refractivity contribution in [3.63, 3.8) is 0 Å². The average Bonchev–Trinajstić information content (AvgIpc) is 2.47. The molecule has 1 unspecified atom stereocenters. The highest BCUT2D eigenvalue weighted by Gasteiger charge is 2.45. The highest BCUT2D eigenvalue weighted by Crippen LogP contribution is 2.51. The van der Waals surface area contributed by atoms with Crippen molar-refractivity contribution in [2.45, 2.75) is 45.6 Å². The molecule has 1 saturated carbocycles. The Kier molecular flexibility index (Phi) is 4.06. The minimum absolute atomic E-state index is 0.265. The third-order valence-electron chi connectivity index (χ3n) is 4.68. The molecule has 0 saturated heterocycles. The molecule has 0 amide bonds. The van der Waals surface area contributed by atoms with Crippen LogP contribution in [-0.4, -0.2) is 12.2 Å². The molecule has 0 aliphatic heterocycles. The lowest BCUT2D eigenvalue weighted by atomic mass is 9.62. The summed E-state index contributed by atoms with van der Waals surface area (Å²) in [7, 11) is 1.59. The van der Waals surface area contributed by atoms with Crippen molar-refractivity contribution in [1.29, 1.82) is 5.26 Å². The molecule has 3 nitrogen and oxygen atoms in total. The van der Waals surface area contributed by atoms with Crippen molar-refractivity contribution in [2.75, 3.05) is 7.11 Å². The van der Waals surface area contributed by atoms with E-state index in [1.54, 1.807) is 7.11 Å². The number of para-hydroxylation sites is 1. The number of nitrogens with zero attached hydrogens (tertiary/aromatic N) is 1. The second kappa shape index (κ2) is 5.46. The lowest BCUT2D eigenvalue weighted by Crippen LogP contribution is -2.35. The molecule has 0 spiro atoms. The van der Waals surface area contributed by atoms with Gasteiger partial charge >= 0.3 is 0 Å². The van der Waals surface area contributed by atoms with Gasteiger partial charge in [0.25, 0.3) is 0 Å². The smallest absolute Gasteiger partial charge is 0.124 e. The van der Waals surface area contributed by atoms with Gasteiger partial charge in [-0.2, -0.15) is 5.26 Å². The molecule has 2 rings (SSSR count). The van der Waals surface area contributed by atoms with Crippen LogP contribution in [0.1, 0.15) is 51.2 Å². The molecule has 1 atom stereocenters. The first-order chi connectivity index (χ1) is 9.44. The predicted molar refractivity (Wildman–Crippen MR) is 78.2 cm³/mol. The van der Waals surface area contributed by atoms with Crippen LogP contribution in [-0.2, 0) is 0 Å². The number of benzene rings is 1. The van der Waals surface area contributed by atoms with Crippen molar-refractivity contribution in [3.8, 4) is 11.8 Å². The van der Waals surface area contributed by atoms with Gasteiger partial charge in [0, 0.05) is 5.56 Å². The molecule has 1 aliphatic rings. The predicted octanol–water partition coefficient (Wildman–Crippen LogP) is 3.84. The van der Waals surface area contributed by atoms with Gasteiger partial charge in [-0.25, -0.2) is 0 Å². The fourth-order valence-electron chi connectivity index (χ4n) is 3.01. The Bertz CT molecular complexity index is 506. The molecule has 108 valence electrons. The number of aliphatic hydroxyl groups is 1. The second-order valence-electron chi connectivity index (χ2n) is 6.58.